The molecule has 18 heavy (non-hydrogen) atoms. The van der Waals surface area contributed by atoms with Crippen LogP contribution in [0.1, 0.15) is 32.6 Å². The summed E-state index contributed by atoms with van der Waals surface area (Å²) < 4.78 is 0. The second kappa shape index (κ2) is 4.72. The minimum absolute atomic E-state index is 0.237. The number of aromatic nitrogens is 4. The molecular weight excluding hydrogens is 250 g/mol. The monoisotopic (exact) mass is 265 g/mol. The minimum Gasteiger partial charge on any atom is -0.365 e. The topological polar surface area (TPSA) is 66.5 Å². The first-order valence-electron chi connectivity index (χ1n) is 6.35. The number of halogens is 1. The zero-order valence-corrected chi connectivity index (χ0v) is 11.0. The highest BCUT2D eigenvalue weighted by Gasteiger charge is 2.20. The van der Waals surface area contributed by atoms with Crippen LogP contribution in [0.4, 0.5) is 5.82 Å². The van der Waals surface area contributed by atoms with Crippen molar-refractivity contribution < 1.29 is 0 Å². The molecule has 0 aliphatic heterocycles. The summed E-state index contributed by atoms with van der Waals surface area (Å²) in [5.74, 6) is 1.53. The average Bonchev–Trinajstić information content (AvgIpc) is 2.77. The third kappa shape index (κ3) is 2.27. The minimum atomic E-state index is 0.237. The smallest absolute Gasteiger partial charge is 0.226 e. The van der Waals surface area contributed by atoms with Gasteiger partial charge in [-0.2, -0.15) is 9.97 Å². The Balaban J connectivity index is 1.87. The number of aromatic amines is 1. The highest BCUT2D eigenvalue weighted by Crippen LogP contribution is 2.27. The first kappa shape index (κ1) is 11.7. The summed E-state index contributed by atoms with van der Waals surface area (Å²) >= 11 is 5.91. The van der Waals surface area contributed by atoms with E-state index >= 15 is 0 Å². The van der Waals surface area contributed by atoms with Gasteiger partial charge < -0.3 is 10.3 Å². The lowest BCUT2D eigenvalue weighted by atomic mass is 9.87. The van der Waals surface area contributed by atoms with Crippen LogP contribution in [0.3, 0.4) is 0 Å². The number of hydrogen-bond acceptors (Lipinski definition) is 4. The maximum absolute atomic E-state index is 5.91. The fraction of sp³-hybridized carbons (Fsp3) is 0.583. The van der Waals surface area contributed by atoms with E-state index in [1.807, 2.05) is 0 Å². The van der Waals surface area contributed by atoms with Crippen LogP contribution in [0.5, 0.6) is 0 Å². The number of anilines is 1. The lowest BCUT2D eigenvalue weighted by Gasteiger charge is -2.27. The summed E-state index contributed by atoms with van der Waals surface area (Å²) in [5.41, 5.74) is 1.44. The molecule has 2 atom stereocenters. The Morgan fingerprint density at radius 2 is 2.28 bits per heavy atom. The molecule has 0 bridgehead atoms. The van der Waals surface area contributed by atoms with Gasteiger partial charge in [0.05, 0.1) is 6.33 Å². The summed E-state index contributed by atoms with van der Waals surface area (Å²) in [4.78, 5) is 15.5. The second-order valence-electron chi connectivity index (χ2n) is 5.06. The number of H-pyrrole nitrogens is 1. The quantitative estimate of drug-likeness (QED) is 0.819. The molecule has 0 aromatic carbocycles. The number of hydrogen-bond donors (Lipinski definition) is 2. The van der Waals surface area contributed by atoms with Crippen LogP contribution in [0, 0.1) is 5.92 Å². The zero-order chi connectivity index (χ0) is 12.5. The Hall–Kier alpha value is -1.36. The van der Waals surface area contributed by atoms with Gasteiger partial charge in [0.25, 0.3) is 0 Å². The maximum atomic E-state index is 5.91. The number of rotatable bonds is 2. The van der Waals surface area contributed by atoms with Gasteiger partial charge in [-0.3, -0.25) is 0 Å². The van der Waals surface area contributed by atoms with Crippen LogP contribution < -0.4 is 5.32 Å². The van der Waals surface area contributed by atoms with Crippen LogP contribution in [-0.4, -0.2) is 26.0 Å². The van der Waals surface area contributed by atoms with Crippen molar-refractivity contribution in [3.8, 4) is 0 Å². The summed E-state index contributed by atoms with van der Waals surface area (Å²) in [6, 6.07) is 0.464. The van der Waals surface area contributed by atoms with E-state index in [-0.39, 0.29) is 5.28 Å². The first-order chi connectivity index (χ1) is 8.72. The van der Waals surface area contributed by atoms with Gasteiger partial charge >= 0.3 is 0 Å². The van der Waals surface area contributed by atoms with Crippen molar-refractivity contribution in [2.75, 3.05) is 5.32 Å². The van der Waals surface area contributed by atoms with E-state index in [4.69, 9.17) is 11.6 Å². The van der Waals surface area contributed by atoms with Gasteiger partial charge in [0.2, 0.25) is 5.28 Å². The van der Waals surface area contributed by atoms with Gasteiger partial charge in [0.15, 0.2) is 11.5 Å². The molecule has 1 fully saturated rings. The standard InChI is InChI=1S/C12H16ClN5/c1-7-3-2-4-8(5-7)16-11-9-10(15-6-14-9)17-12(13)18-11/h6-8H,2-5H2,1H3,(H2,14,15,16,17,18). The Morgan fingerprint density at radius 1 is 1.39 bits per heavy atom. The van der Waals surface area contributed by atoms with Crippen LogP contribution in [0.2, 0.25) is 5.28 Å². The van der Waals surface area contributed by atoms with Gasteiger partial charge in [-0.1, -0.05) is 19.8 Å². The van der Waals surface area contributed by atoms with E-state index in [9.17, 15) is 0 Å². The van der Waals surface area contributed by atoms with Crippen molar-refractivity contribution in [1.82, 2.24) is 19.9 Å². The molecule has 0 amide bonds. The van der Waals surface area contributed by atoms with E-state index in [2.05, 4.69) is 32.2 Å². The van der Waals surface area contributed by atoms with Crippen molar-refractivity contribution in [2.45, 2.75) is 38.6 Å². The predicted molar refractivity (Wildman–Crippen MR) is 71.7 cm³/mol. The lowest BCUT2D eigenvalue weighted by molar-refractivity contribution is 0.358. The predicted octanol–water partition coefficient (Wildman–Crippen LogP) is 3.00. The van der Waals surface area contributed by atoms with E-state index in [0.29, 0.717) is 11.7 Å². The molecular formula is C12H16ClN5. The summed E-state index contributed by atoms with van der Waals surface area (Å²) in [6.45, 7) is 2.30. The highest BCUT2D eigenvalue weighted by molar-refractivity contribution is 6.28. The third-order valence-corrected chi connectivity index (χ3v) is 3.70. The largest absolute Gasteiger partial charge is 0.365 e. The number of imidazole rings is 1. The van der Waals surface area contributed by atoms with Gasteiger partial charge in [-0.25, -0.2) is 4.98 Å². The lowest BCUT2D eigenvalue weighted by Crippen LogP contribution is -2.26. The maximum Gasteiger partial charge on any atom is 0.226 e. The fourth-order valence-corrected chi connectivity index (χ4v) is 2.83. The van der Waals surface area contributed by atoms with Crippen molar-refractivity contribution in [1.29, 1.82) is 0 Å². The molecule has 96 valence electrons. The van der Waals surface area contributed by atoms with Crippen LogP contribution >= 0.6 is 11.6 Å². The molecule has 0 spiro atoms. The Labute approximate surface area is 110 Å². The fourth-order valence-electron chi connectivity index (χ4n) is 2.67. The van der Waals surface area contributed by atoms with Crippen LogP contribution in [0.15, 0.2) is 6.33 Å². The number of nitrogens with one attached hydrogen (secondary N) is 2. The first-order valence-corrected chi connectivity index (χ1v) is 6.73. The Bertz CT molecular complexity index is 552. The van der Waals surface area contributed by atoms with E-state index in [0.717, 1.165) is 17.3 Å². The molecule has 5 nitrogen and oxygen atoms in total. The summed E-state index contributed by atoms with van der Waals surface area (Å²) in [7, 11) is 0. The van der Waals surface area contributed by atoms with Crippen molar-refractivity contribution >= 4 is 28.6 Å². The van der Waals surface area contributed by atoms with Gasteiger partial charge in [-0.05, 0) is 30.4 Å². The van der Waals surface area contributed by atoms with Gasteiger partial charge in [-0.15, -0.1) is 0 Å². The molecule has 1 aliphatic rings. The molecule has 0 radical (unpaired) electrons. The van der Waals surface area contributed by atoms with Crippen LogP contribution in [-0.2, 0) is 0 Å². The van der Waals surface area contributed by atoms with E-state index in [1.165, 1.54) is 25.7 Å². The zero-order valence-electron chi connectivity index (χ0n) is 10.3. The number of fused-ring (bicyclic) bond motifs is 1. The SMILES string of the molecule is CC1CCCC(Nc2nc(Cl)nc3nc[nH]c23)C1. The van der Waals surface area contributed by atoms with Crippen molar-refractivity contribution in [3.05, 3.63) is 11.6 Å². The Morgan fingerprint density at radius 3 is 3.11 bits per heavy atom. The molecule has 1 aliphatic carbocycles. The molecule has 2 unspecified atom stereocenters. The molecule has 1 saturated carbocycles. The highest BCUT2D eigenvalue weighted by atomic mass is 35.5. The van der Waals surface area contributed by atoms with Gasteiger partial charge in [0, 0.05) is 6.04 Å². The van der Waals surface area contributed by atoms with E-state index in [1.54, 1.807) is 6.33 Å². The molecule has 2 heterocycles. The van der Waals surface area contributed by atoms with Crippen molar-refractivity contribution in [2.24, 2.45) is 5.92 Å². The van der Waals surface area contributed by atoms with Crippen LogP contribution in [0.25, 0.3) is 11.2 Å². The molecule has 2 aromatic rings. The molecule has 0 saturated heterocycles. The summed E-state index contributed by atoms with van der Waals surface area (Å²) in [6.07, 6.45) is 6.56. The Kier molecular flexibility index (Phi) is 3.07. The van der Waals surface area contributed by atoms with E-state index < -0.39 is 0 Å². The van der Waals surface area contributed by atoms with Crippen molar-refractivity contribution in [3.63, 3.8) is 0 Å². The number of nitrogens with zero attached hydrogens (tertiary/aromatic N) is 3. The third-order valence-electron chi connectivity index (χ3n) is 3.54. The molecule has 6 heteroatoms. The second-order valence-corrected chi connectivity index (χ2v) is 5.39. The molecule has 3 rings (SSSR count). The van der Waals surface area contributed by atoms with Gasteiger partial charge in [0.1, 0.15) is 5.52 Å². The molecule has 2 N–H and O–H groups in total. The normalized spacial score (nSPS) is 24.3. The summed E-state index contributed by atoms with van der Waals surface area (Å²) in [5, 5.41) is 3.71. The average molecular weight is 266 g/mol. The molecule has 2 aromatic heterocycles.